The van der Waals surface area contributed by atoms with Crippen LogP contribution in [0.15, 0.2) is 36.4 Å². The van der Waals surface area contributed by atoms with Gasteiger partial charge in [0, 0.05) is 16.9 Å². The van der Waals surface area contributed by atoms with Gasteiger partial charge in [-0.15, -0.1) is 0 Å². The molecular weight excluding hydrogens is 356 g/mol. The van der Waals surface area contributed by atoms with Crippen LogP contribution in [0, 0.1) is 18.8 Å². The van der Waals surface area contributed by atoms with E-state index in [9.17, 15) is 9.59 Å². The zero-order valence-electron chi connectivity index (χ0n) is 15.9. The second-order valence-electron chi connectivity index (χ2n) is 7.96. The van der Waals surface area contributed by atoms with Gasteiger partial charge in [0.15, 0.2) is 11.6 Å². The van der Waals surface area contributed by atoms with Crippen LogP contribution < -0.4 is 0 Å². The van der Waals surface area contributed by atoms with Crippen molar-refractivity contribution in [2.45, 2.75) is 51.9 Å². The van der Waals surface area contributed by atoms with Crippen LogP contribution in [-0.4, -0.2) is 11.6 Å². The normalized spacial score (nSPS) is 24.9. The van der Waals surface area contributed by atoms with Crippen LogP contribution in [0.2, 0.25) is 5.02 Å². The molecule has 2 nitrogen and oxygen atoms in total. The van der Waals surface area contributed by atoms with Crippen LogP contribution in [-0.2, 0) is 16.0 Å². The van der Waals surface area contributed by atoms with Gasteiger partial charge >= 0.3 is 0 Å². The maximum atomic E-state index is 13.1. The summed E-state index contributed by atoms with van der Waals surface area (Å²) < 4.78 is 0. The molecule has 0 N–H and O–H groups in total. The molecule has 2 aromatic carbocycles. The highest BCUT2D eigenvalue weighted by molar-refractivity contribution is 6.30. The highest BCUT2D eigenvalue weighted by Gasteiger charge is 2.50. The van der Waals surface area contributed by atoms with Crippen molar-refractivity contribution in [3.63, 3.8) is 0 Å². The lowest BCUT2D eigenvalue weighted by Gasteiger charge is -2.21. The van der Waals surface area contributed by atoms with Crippen molar-refractivity contribution < 1.29 is 9.59 Å². The molecule has 0 aliphatic heterocycles. The molecule has 0 saturated heterocycles. The molecule has 2 aromatic rings. The largest absolute Gasteiger partial charge is 0.298 e. The molecule has 0 radical (unpaired) electrons. The number of hydrogen-bond acceptors (Lipinski definition) is 2. The molecule has 0 spiro atoms. The highest BCUT2D eigenvalue weighted by Crippen LogP contribution is 2.46. The molecule has 140 valence electrons. The van der Waals surface area contributed by atoms with Crippen molar-refractivity contribution in [1.29, 1.82) is 0 Å². The molecule has 0 heterocycles. The van der Waals surface area contributed by atoms with Crippen molar-refractivity contribution in [3.8, 4) is 11.1 Å². The molecule has 2 saturated carbocycles. The van der Waals surface area contributed by atoms with Crippen LogP contribution in [0.25, 0.3) is 11.1 Å². The van der Waals surface area contributed by atoms with E-state index in [1.165, 1.54) is 0 Å². The molecule has 3 heteroatoms. The van der Waals surface area contributed by atoms with E-state index >= 15 is 0 Å². The summed E-state index contributed by atoms with van der Waals surface area (Å²) in [5.41, 5.74) is 5.34. The maximum absolute atomic E-state index is 13.1. The van der Waals surface area contributed by atoms with Gasteiger partial charge in [0.2, 0.25) is 0 Å². The number of carbonyl (C=O) groups is 2. The van der Waals surface area contributed by atoms with E-state index in [4.69, 9.17) is 11.6 Å². The maximum Gasteiger partial charge on any atom is 0.151 e. The third kappa shape index (κ3) is 3.14. The highest BCUT2D eigenvalue weighted by atomic mass is 35.5. The Morgan fingerprint density at radius 3 is 2.07 bits per heavy atom. The summed E-state index contributed by atoms with van der Waals surface area (Å²) in [7, 11) is 0. The number of ketones is 2. The van der Waals surface area contributed by atoms with Crippen LogP contribution in [0.1, 0.15) is 55.2 Å². The first-order valence-electron chi connectivity index (χ1n) is 9.98. The number of benzene rings is 2. The lowest BCUT2D eigenvalue weighted by Crippen LogP contribution is -2.21. The molecule has 2 aliphatic carbocycles. The van der Waals surface area contributed by atoms with Crippen LogP contribution in [0.5, 0.6) is 0 Å². The Balaban J connectivity index is 1.78. The SMILES string of the molecule is CCc1cc(-c2ccc(Cl)cc2)cc(C)c1C1C(=O)C2CCCCC2C1=O. The fourth-order valence-electron chi connectivity index (χ4n) is 5.05. The number of aryl methyl sites for hydroxylation is 2. The van der Waals surface area contributed by atoms with Crippen LogP contribution in [0.3, 0.4) is 0 Å². The minimum Gasteiger partial charge on any atom is -0.298 e. The smallest absolute Gasteiger partial charge is 0.151 e. The van der Waals surface area contributed by atoms with Crippen molar-refractivity contribution in [1.82, 2.24) is 0 Å². The van der Waals surface area contributed by atoms with Crippen molar-refractivity contribution in [3.05, 3.63) is 58.1 Å². The van der Waals surface area contributed by atoms with Gasteiger partial charge in [0.1, 0.15) is 5.92 Å². The van der Waals surface area contributed by atoms with E-state index < -0.39 is 5.92 Å². The summed E-state index contributed by atoms with van der Waals surface area (Å²) in [6.07, 6.45) is 4.72. The zero-order valence-corrected chi connectivity index (χ0v) is 16.7. The second-order valence-corrected chi connectivity index (χ2v) is 8.40. The average Bonchev–Trinajstić information content (AvgIpc) is 2.93. The Labute approximate surface area is 165 Å². The number of fused-ring (bicyclic) bond motifs is 1. The van der Waals surface area contributed by atoms with Crippen molar-refractivity contribution in [2.24, 2.45) is 11.8 Å². The Hall–Kier alpha value is -1.93. The fraction of sp³-hybridized carbons (Fsp3) is 0.417. The predicted molar refractivity (Wildman–Crippen MR) is 109 cm³/mol. The summed E-state index contributed by atoms with van der Waals surface area (Å²) in [5.74, 6) is -0.302. The van der Waals surface area contributed by atoms with E-state index in [0.717, 1.165) is 59.9 Å². The van der Waals surface area contributed by atoms with Gasteiger partial charge in [-0.1, -0.05) is 55.6 Å². The van der Waals surface area contributed by atoms with E-state index in [1.807, 2.05) is 31.2 Å². The minimum atomic E-state index is -0.549. The summed E-state index contributed by atoms with van der Waals surface area (Å²) >= 11 is 6.02. The van der Waals surface area contributed by atoms with E-state index in [2.05, 4.69) is 19.1 Å². The predicted octanol–water partition coefficient (Wildman–Crippen LogP) is 5.92. The van der Waals surface area contributed by atoms with Crippen LogP contribution >= 0.6 is 11.6 Å². The van der Waals surface area contributed by atoms with Gasteiger partial charge in [-0.05, 0) is 66.1 Å². The molecule has 2 unspecified atom stereocenters. The van der Waals surface area contributed by atoms with Crippen molar-refractivity contribution >= 4 is 23.2 Å². The third-order valence-corrected chi connectivity index (χ3v) is 6.64. The molecular formula is C24H25ClO2. The lowest BCUT2D eigenvalue weighted by atomic mass is 9.81. The third-order valence-electron chi connectivity index (χ3n) is 6.39. The quantitative estimate of drug-likeness (QED) is 0.619. The zero-order chi connectivity index (χ0) is 19.1. The molecule has 2 aliphatic rings. The van der Waals surface area contributed by atoms with Gasteiger partial charge < -0.3 is 0 Å². The topological polar surface area (TPSA) is 34.1 Å². The summed E-state index contributed by atoms with van der Waals surface area (Å²) in [4.78, 5) is 26.3. The van der Waals surface area contributed by atoms with Gasteiger partial charge in [-0.2, -0.15) is 0 Å². The first-order chi connectivity index (χ1) is 13.0. The van der Waals surface area contributed by atoms with Gasteiger partial charge in [-0.25, -0.2) is 0 Å². The van der Waals surface area contributed by atoms with E-state index in [1.54, 1.807) is 0 Å². The lowest BCUT2D eigenvalue weighted by molar-refractivity contribution is -0.125. The molecule has 0 bridgehead atoms. The standard InChI is InChI=1S/C24H25ClO2/c1-3-15-13-17(16-8-10-18(25)11-9-16)12-14(2)21(15)22-23(26)19-6-4-5-7-20(19)24(22)27/h8-13,19-20,22H,3-7H2,1-2H3. The molecule has 2 atom stereocenters. The van der Waals surface area contributed by atoms with Crippen molar-refractivity contribution in [2.75, 3.05) is 0 Å². The molecule has 2 fully saturated rings. The molecule has 0 amide bonds. The van der Waals surface area contributed by atoms with E-state index in [-0.39, 0.29) is 23.4 Å². The summed E-state index contributed by atoms with van der Waals surface area (Å²) in [6, 6.07) is 12.1. The second kappa shape index (κ2) is 7.24. The summed E-state index contributed by atoms with van der Waals surface area (Å²) in [5, 5.41) is 0.715. The Morgan fingerprint density at radius 2 is 1.52 bits per heavy atom. The van der Waals surface area contributed by atoms with E-state index in [0.29, 0.717) is 5.02 Å². The number of carbonyl (C=O) groups excluding carboxylic acids is 2. The minimum absolute atomic E-state index is 0.0451. The summed E-state index contributed by atoms with van der Waals surface area (Å²) in [6.45, 7) is 4.14. The Kier molecular flexibility index (Phi) is 4.94. The van der Waals surface area contributed by atoms with Gasteiger partial charge in [0.25, 0.3) is 0 Å². The number of halogens is 1. The average molecular weight is 381 g/mol. The number of rotatable bonds is 3. The van der Waals surface area contributed by atoms with Gasteiger partial charge in [-0.3, -0.25) is 9.59 Å². The number of hydrogen-bond donors (Lipinski definition) is 0. The first kappa shape index (κ1) is 18.4. The molecule has 4 rings (SSSR count). The first-order valence-corrected chi connectivity index (χ1v) is 10.4. The Morgan fingerprint density at radius 1 is 0.926 bits per heavy atom. The number of Topliss-reactive ketones (excluding diaryl/α,β-unsaturated/α-hetero) is 2. The van der Waals surface area contributed by atoms with Gasteiger partial charge in [0.05, 0.1) is 0 Å². The Bertz CT molecular complexity index is 873. The van der Waals surface area contributed by atoms with Crippen LogP contribution in [0.4, 0.5) is 0 Å². The fourth-order valence-corrected chi connectivity index (χ4v) is 5.18. The molecule has 27 heavy (non-hydrogen) atoms. The monoisotopic (exact) mass is 380 g/mol. The molecule has 0 aromatic heterocycles.